The highest BCUT2D eigenvalue weighted by Crippen LogP contribution is 2.36. The number of ether oxygens (including phenoxy) is 2. The highest BCUT2D eigenvalue weighted by molar-refractivity contribution is 5.41. The van der Waals surface area contributed by atoms with E-state index in [1.54, 1.807) is 0 Å². The zero-order chi connectivity index (χ0) is 11.4. The van der Waals surface area contributed by atoms with E-state index < -0.39 is 6.29 Å². The second-order valence-corrected chi connectivity index (χ2v) is 3.86. The Morgan fingerprint density at radius 1 is 1.12 bits per heavy atom. The largest absolute Gasteiger partial charge is 0.451 e. The fraction of sp³-hybridized carbons (Fsp3) is 0.500. The van der Waals surface area contributed by atoms with Crippen molar-refractivity contribution < 1.29 is 19.7 Å². The van der Waals surface area contributed by atoms with Gasteiger partial charge in [-0.1, -0.05) is 12.1 Å². The van der Waals surface area contributed by atoms with Crippen molar-refractivity contribution in [2.45, 2.75) is 19.1 Å². The molecule has 2 N–H and O–H groups in total. The van der Waals surface area contributed by atoms with E-state index >= 15 is 0 Å². The number of para-hydroxylation sites is 2. The minimum Gasteiger partial charge on any atom is -0.451 e. The molecule has 1 unspecified atom stereocenters. The monoisotopic (exact) mass is 224 g/mol. The Bertz CT molecular complexity index is 315. The van der Waals surface area contributed by atoms with Crippen LogP contribution in [0.15, 0.2) is 24.3 Å². The lowest BCUT2D eigenvalue weighted by Crippen LogP contribution is -2.31. The van der Waals surface area contributed by atoms with Crippen molar-refractivity contribution >= 4 is 0 Å². The van der Waals surface area contributed by atoms with Gasteiger partial charge in [0, 0.05) is 6.61 Å². The molecule has 88 valence electrons. The van der Waals surface area contributed by atoms with Gasteiger partial charge in [0.15, 0.2) is 11.5 Å². The summed E-state index contributed by atoms with van der Waals surface area (Å²) >= 11 is 0. The molecule has 0 bridgehead atoms. The number of hydrogen-bond donors (Lipinski definition) is 2. The highest BCUT2D eigenvalue weighted by Gasteiger charge is 2.30. The summed E-state index contributed by atoms with van der Waals surface area (Å²) in [4.78, 5) is 0. The van der Waals surface area contributed by atoms with Crippen molar-refractivity contribution in [2.75, 3.05) is 13.2 Å². The van der Waals surface area contributed by atoms with Crippen molar-refractivity contribution in [2.24, 2.45) is 5.92 Å². The Kier molecular flexibility index (Phi) is 3.64. The molecular weight excluding hydrogens is 208 g/mol. The van der Waals surface area contributed by atoms with Crippen LogP contribution in [0, 0.1) is 5.92 Å². The summed E-state index contributed by atoms with van der Waals surface area (Å²) in [5.41, 5.74) is 0. The second-order valence-electron chi connectivity index (χ2n) is 3.86. The van der Waals surface area contributed by atoms with Crippen LogP contribution in [0.5, 0.6) is 11.5 Å². The molecule has 1 atom stereocenters. The van der Waals surface area contributed by atoms with Crippen molar-refractivity contribution in [1.82, 2.24) is 0 Å². The molecule has 0 amide bonds. The van der Waals surface area contributed by atoms with E-state index in [9.17, 15) is 5.11 Å². The third-order valence-electron chi connectivity index (χ3n) is 2.69. The van der Waals surface area contributed by atoms with Crippen molar-refractivity contribution in [3.8, 4) is 11.5 Å². The molecule has 1 aliphatic rings. The van der Waals surface area contributed by atoms with Gasteiger partial charge in [-0.15, -0.1) is 0 Å². The van der Waals surface area contributed by atoms with Gasteiger partial charge in [0.05, 0.1) is 12.5 Å². The zero-order valence-electron chi connectivity index (χ0n) is 9.00. The van der Waals surface area contributed by atoms with E-state index in [-0.39, 0.29) is 19.1 Å². The maximum atomic E-state index is 9.25. The maximum absolute atomic E-state index is 9.25. The Morgan fingerprint density at radius 2 is 1.75 bits per heavy atom. The summed E-state index contributed by atoms with van der Waals surface area (Å²) < 4.78 is 11.2. The van der Waals surface area contributed by atoms with Gasteiger partial charge in [-0.05, 0) is 25.0 Å². The topological polar surface area (TPSA) is 58.9 Å². The van der Waals surface area contributed by atoms with Crippen LogP contribution in [0.2, 0.25) is 0 Å². The van der Waals surface area contributed by atoms with Gasteiger partial charge in [0.25, 0.3) is 0 Å². The number of aliphatic hydroxyl groups excluding tert-OH is 2. The first-order chi connectivity index (χ1) is 7.85. The Labute approximate surface area is 94.4 Å². The molecule has 4 heteroatoms. The predicted octanol–water partition coefficient (Wildman–Crippen LogP) is 1.16. The van der Waals surface area contributed by atoms with Crippen LogP contribution in [0.25, 0.3) is 0 Å². The van der Waals surface area contributed by atoms with Crippen LogP contribution in [-0.2, 0) is 0 Å². The summed E-state index contributed by atoms with van der Waals surface area (Å²) in [5, 5.41) is 18.0. The van der Waals surface area contributed by atoms with Gasteiger partial charge in [-0.2, -0.15) is 0 Å². The molecule has 0 aromatic heterocycles. The lowest BCUT2D eigenvalue weighted by Gasteiger charge is -2.19. The number of benzene rings is 1. The third-order valence-corrected chi connectivity index (χ3v) is 2.69. The molecule has 0 aliphatic carbocycles. The van der Waals surface area contributed by atoms with E-state index in [1.165, 1.54) is 0 Å². The predicted molar refractivity (Wildman–Crippen MR) is 58.4 cm³/mol. The van der Waals surface area contributed by atoms with Crippen LogP contribution in [0.4, 0.5) is 0 Å². The van der Waals surface area contributed by atoms with Crippen molar-refractivity contribution in [3.63, 3.8) is 0 Å². The second kappa shape index (κ2) is 5.18. The fourth-order valence-corrected chi connectivity index (χ4v) is 1.78. The van der Waals surface area contributed by atoms with E-state index in [0.29, 0.717) is 12.8 Å². The highest BCUT2D eigenvalue weighted by atomic mass is 16.7. The van der Waals surface area contributed by atoms with Crippen molar-refractivity contribution in [1.29, 1.82) is 0 Å². The molecule has 0 saturated carbocycles. The average molecular weight is 224 g/mol. The smallest absolute Gasteiger partial charge is 0.246 e. The van der Waals surface area contributed by atoms with Crippen molar-refractivity contribution in [3.05, 3.63) is 24.3 Å². The first-order valence-corrected chi connectivity index (χ1v) is 5.49. The van der Waals surface area contributed by atoms with Gasteiger partial charge < -0.3 is 19.7 Å². The van der Waals surface area contributed by atoms with Gasteiger partial charge in [0.1, 0.15) is 0 Å². The first kappa shape index (κ1) is 11.2. The first-order valence-electron chi connectivity index (χ1n) is 5.49. The summed E-state index contributed by atoms with van der Waals surface area (Å²) in [6.45, 7) is 0.120. The van der Waals surface area contributed by atoms with E-state index in [1.807, 2.05) is 24.3 Å². The molecule has 1 aliphatic heterocycles. The quantitative estimate of drug-likeness (QED) is 0.788. The molecule has 0 saturated heterocycles. The number of rotatable bonds is 5. The zero-order valence-corrected chi connectivity index (χ0v) is 9.00. The summed E-state index contributed by atoms with van der Waals surface area (Å²) in [5.74, 6) is 1.34. The van der Waals surface area contributed by atoms with Crippen LogP contribution in [0.1, 0.15) is 12.8 Å². The van der Waals surface area contributed by atoms with E-state index in [2.05, 4.69) is 0 Å². The molecule has 1 aromatic rings. The normalized spacial score (nSPS) is 16.4. The molecule has 1 aromatic carbocycles. The maximum Gasteiger partial charge on any atom is 0.246 e. The molecule has 0 spiro atoms. The van der Waals surface area contributed by atoms with Crippen LogP contribution >= 0.6 is 0 Å². The standard InChI is InChI=1S/C12H16O4/c13-7-3-4-9(8-14)12-15-10-5-1-2-6-11(10)16-12/h1-2,5-6,9,12-14H,3-4,7-8H2. The molecule has 1 heterocycles. The molecule has 0 radical (unpaired) electrons. The number of hydrogen-bond acceptors (Lipinski definition) is 4. The van der Waals surface area contributed by atoms with E-state index in [0.717, 1.165) is 11.5 Å². The van der Waals surface area contributed by atoms with Crippen LogP contribution < -0.4 is 9.47 Å². The Morgan fingerprint density at radius 3 is 2.25 bits per heavy atom. The Balaban J connectivity index is 1.98. The minimum absolute atomic E-state index is 0.00133. The number of aliphatic hydroxyl groups is 2. The van der Waals surface area contributed by atoms with Gasteiger partial charge in [-0.3, -0.25) is 0 Å². The fourth-order valence-electron chi connectivity index (χ4n) is 1.78. The molecule has 4 nitrogen and oxygen atoms in total. The summed E-state index contributed by atoms with van der Waals surface area (Å²) in [7, 11) is 0. The van der Waals surface area contributed by atoms with Gasteiger partial charge >= 0.3 is 0 Å². The minimum atomic E-state index is -0.436. The van der Waals surface area contributed by atoms with Gasteiger partial charge in [-0.25, -0.2) is 0 Å². The lowest BCUT2D eigenvalue weighted by atomic mass is 10.0. The van der Waals surface area contributed by atoms with Gasteiger partial charge in [0.2, 0.25) is 6.29 Å². The van der Waals surface area contributed by atoms with E-state index in [4.69, 9.17) is 14.6 Å². The summed E-state index contributed by atoms with van der Waals surface area (Å²) in [6, 6.07) is 7.45. The molecule has 16 heavy (non-hydrogen) atoms. The summed E-state index contributed by atoms with van der Waals surface area (Å²) in [6.07, 6.45) is 0.894. The average Bonchev–Trinajstić information content (AvgIpc) is 2.73. The molecular formula is C12H16O4. The number of fused-ring (bicyclic) bond motifs is 1. The molecule has 2 rings (SSSR count). The SMILES string of the molecule is OCCCC(CO)C1Oc2ccccc2O1. The van der Waals surface area contributed by atoms with Crippen LogP contribution in [0.3, 0.4) is 0 Å². The molecule has 0 fully saturated rings. The third kappa shape index (κ3) is 2.28. The lowest BCUT2D eigenvalue weighted by molar-refractivity contribution is -0.0296. The Hall–Kier alpha value is -1.26. The van der Waals surface area contributed by atoms with Crippen LogP contribution in [-0.4, -0.2) is 29.7 Å².